The molecule has 1 aliphatic heterocycles. The molecule has 0 aliphatic carbocycles. The van der Waals surface area contributed by atoms with Crippen molar-refractivity contribution in [3.63, 3.8) is 0 Å². The molecule has 1 fully saturated rings. The van der Waals surface area contributed by atoms with E-state index in [1.165, 1.54) is 5.56 Å². The fraction of sp³-hybridized carbons (Fsp3) is 0.318. The minimum absolute atomic E-state index is 0.342. The first-order valence-electron chi connectivity index (χ1n) is 9.35. The topological polar surface area (TPSA) is 119 Å². The Balaban J connectivity index is 1.63. The van der Waals surface area contributed by atoms with Gasteiger partial charge < -0.3 is 30.5 Å². The zero-order valence-electron chi connectivity index (χ0n) is 16.0. The zero-order chi connectivity index (χ0) is 21.0. The summed E-state index contributed by atoms with van der Waals surface area (Å²) in [6, 6.07) is 14.9. The highest BCUT2D eigenvalue weighted by Crippen LogP contribution is 2.20. The average Bonchev–Trinajstić information content (AvgIpc) is 2.74. The highest BCUT2D eigenvalue weighted by molar-refractivity contribution is 5.94. The summed E-state index contributed by atoms with van der Waals surface area (Å²) < 4.78 is 5.29. The summed E-state index contributed by atoms with van der Waals surface area (Å²) in [5, 5.41) is 41.3. The Morgan fingerprint density at radius 3 is 2.03 bits per heavy atom. The van der Waals surface area contributed by atoms with Crippen LogP contribution >= 0.6 is 0 Å². The molecule has 5 atom stereocenters. The summed E-state index contributed by atoms with van der Waals surface area (Å²) in [7, 11) is 0. The maximum Gasteiger partial charge on any atom is 0.253 e. The summed E-state index contributed by atoms with van der Waals surface area (Å²) in [5.41, 5.74) is 3.52. The molecule has 29 heavy (non-hydrogen) atoms. The van der Waals surface area contributed by atoms with Crippen molar-refractivity contribution in [2.45, 2.75) is 37.6 Å². The summed E-state index contributed by atoms with van der Waals surface area (Å²) in [6.45, 7) is 1.47. The van der Waals surface area contributed by atoms with E-state index in [9.17, 15) is 25.2 Å². The third kappa shape index (κ3) is 5.09. The highest BCUT2D eigenvalue weighted by Gasteiger charge is 2.44. The second kappa shape index (κ2) is 9.30. The second-order valence-electron chi connectivity index (χ2n) is 7.09. The predicted molar refractivity (Wildman–Crippen MR) is 108 cm³/mol. The van der Waals surface area contributed by atoms with Gasteiger partial charge >= 0.3 is 0 Å². The molecule has 0 bridgehead atoms. The summed E-state index contributed by atoms with van der Waals surface area (Å²) in [5.74, 6) is -0.511. The number of carbonyl (C=O) groups excluding carboxylic acids is 1. The number of aliphatic hydroxyl groups excluding tert-OH is 4. The van der Waals surface area contributed by atoms with E-state index in [4.69, 9.17) is 4.74 Å². The van der Waals surface area contributed by atoms with E-state index < -0.39 is 43.2 Å². The van der Waals surface area contributed by atoms with Crippen molar-refractivity contribution >= 4 is 18.1 Å². The number of amides is 1. The SMILES string of the molecule is Cc1ccc(/C=C/c2ccc(C(=O)NC3OC(CO)C(O)C(O)C3O)cc2)cc1. The van der Waals surface area contributed by atoms with Gasteiger partial charge in [0.05, 0.1) is 6.61 Å². The van der Waals surface area contributed by atoms with Crippen LogP contribution in [0.4, 0.5) is 0 Å². The molecule has 1 aliphatic rings. The van der Waals surface area contributed by atoms with Gasteiger partial charge in [0.25, 0.3) is 5.91 Å². The lowest BCUT2D eigenvalue weighted by Gasteiger charge is -2.40. The van der Waals surface area contributed by atoms with Gasteiger partial charge in [-0.3, -0.25) is 4.79 Å². The van der Waals surface area contributed by atoms with Crippen LogP contribution in [0.2, 0.25) is 0 Å². The third-order valence-corrected chi connectivity index (χ3v) is 4.88. The summed E-state index contributed by atoms with van der Waals surface area (Å²) in [6.07, 6.45) is -2.95. The van der Waals surface area contributed by atoms with Crippen LogP contribution in [0.15, 0.2) is 48.5 Å². The van der Waals surface area contributed by atoms with Gasteiger partial charge in [0, 0.05) is 5.56 Å². The van der Waals surface area contributed by atoms with E-state index in [-0.39, 0.29) is 0 Å². The van der Waals surface area contributed by atoms with Crippen LogP contribution in [0.1, 0.15) is 27.0 Å². The van der Waals surface area contributed by atoms with Gasteiger partial charge in [-0.15, -0.1) is 0 Å². The van der Waals surface area contributed by atoms with Crippen molar-refractivity contribution in [1.29, 1.82) is 0 Å². The van der Waals surface area contributed by atoms with Crippen LogP contribution in [0.5, 0.6) is 0 Å². The van der Waals surface area contributed by atoms with Gasteiger partial charge in [0.1, 0.15) is 24.4 Å². The van der Waals surface area contributed by atoms with Crippen LogP contribution < -0.4 is 5.32 Å². The molecule has 7 nitrogen and oxygen atoms in total. The minimum atomic E-state index is -1.54. The standard InChI is InChI=1S/C22H25NO6/c1-13-2-4-14(5-3-13)6-7-15-8-10-16(11-9-15)21(28)23-22-20(27)19(26)18(25)17(12-24)29-22/h2-11,17-20,22,24-27H,12H2,1H3,(H,23,28)/b7-6+. The normalized spacial score (nSPS) is 27.1. The van der Waals surface area contributed by atoms with Gasteiger partial charge in [0.15, 0.2) is 6.23 Å². The Kier molecular flexibility index (Phi) is 6.79. The van der Waals surface area contributed by atoms with Crippen molar-refractivity contribution in [3.8, 4) is 0 Å². The molecular formula is C22H25NO6. The number of hydrogen-bond donors (Lipinski definition) is 5. The number of nitrogens with one attached hydrogen (secondary N) is 1. The molecule has 3 rings (SSSR count). The van der Waals surface area contributed by atoms with Crippen LogP contribution in [0, 0.1) is 6.92 Å². The molecule has 154 valence electrons. The van der Waals surface area contributed by atoms with Crippen LogP contribution in [0.25, 0.3) is 12.2 Å². The first-order valence-corrected chi connectivity index (χ1v) is 9.35. The zero-order valence-corrected chi connectivity index (χ0v) is 16.0. The number of aryl methyl sites for hydroxylation is 1. The Bertz CT molecular complexity index is 847. The lowest BCUT2D eigenvalue weighted by molar-refractivity contribution is -0.233. The molecule has 2 aromatic rings. The Morgan fingerprint density at radius 2 is 1.48 bits per heavy atom. The van der Waals surface area contributed by atoms with Gasteiger partial charge in [-0.05, 0) is 30.2 Å². The molecule has 7 heteroatoms. The Morgan fingerprint density at radius 1 is 0.931 bits per heavy atom. The van der Waals surface area contributed by atoms with Crippen LogP contribution in [-0.4, -0.2) is 63.6 Å². The number of carbonyl (C=O) groups is 1. The van der Waals surface area contributed by atoms with E-state index in [0.717, 1.165) is 11.1 Å². The molecule has 0 radical (unpaired) electrons. The fourth-order valence-electron chi connectivity index (χ4n) is 3.05. The van der Waals surface area contributed by atoms with Gasteiger partial charge in [-0.2, -0.15) is 0 Å². The van der Waals surface area contributed by atoms with Crippen molar-refractivity contribution in [1.82, 2.24) is 5.32 Å². The molecule has 0 spiro atoms. The first-order chi connectivity index (χ1) is 13.9. The molecule has 0 aromatic heterocycles. The third-order valence-electron chi connectivity index (χ3n) is 4.88. The average molecular weight is 399 g/mol. The maximum absolute atomic E-state index is 12.4. The van der Waals surface area contributed by atoms with Crippen molar-refractivity contribution in [3.05, 3.63) is 70.8 Å². The van der Waals surface area contributed by atoms with Gasteiger partial charge in [0.2, 0.25) is 0 Å². The predicted octanol–water partition coefficient (Wildman–Crippen LogP) is 0.695. The first kappa shape index (κ1) is 21.2. The number of rotatable bonds is 5. The van der Waals surface area contributed by atoms with E-state index in [1.807, 2.05) is 43.3 Å². The van der Waals surface area contributed by atoms with Crippen molar-refractivity contribution < 1.29 is 30.0 Å². The Hall–Kier alpha value is -2.55. The largest absolute Gasteiger partial charge is 0.394 e. The monoisotopic (exact) mass is 399 g/mol. The van der Waals surface area contributed by atoms with E-state index in [1.54, 1.807) is 24.3 Å². The number of hydrogen-bond acceptors (Lipinski definition) is 6. The quantitative estimate of drug-likeness (QED) is 0.472. The molecule has 0 saturated carbocycles. The molecule has 2 aromatic carbocycles. The smallest absolute Gasteiger partial charge is 0.253 e. The van der Waals surface area contributed by atoms with E-state index in [2.05, 4.69) is 5.32 Å². The fourth-order valence-corrected chi connectivity index (χ4v) is 3.05. The van der Waals surface area contributed by atoms with E-state index >= 15 is 0 Å². The number of benzene rings is 2. The maximum atomic E-state index is 12.4. The highest BCUT2D eigenvalue weighted by atomic mass is 16.6. The molecule has 1 amide bonds. The van der Waals surface area contributed by atoms with Gasteiger partial charge in [-0.1, -0.05) is 54.1 Å². The number of ether oxygens (including phenoxy) is 1. The number of aliphatic hydroxyl groups is 4. The summed E-state index contributed by atoms with van der Waals surface area (Å²) in [4.78, 5) is 12.4. The van der Waals surface area contributed by atoms with Gasteiger partial charge in [-0.25, -0.2) is 0 Å². The molecule has 1 heterocycles. The lowest BCUT2D eigenvalue weighted by Crippen LogP contribution is -2.63. The molecular weight excluding hydrogens is 374 g/mol. The molecule has 1 saturated heterocycles. The second-order valence-corrected chi connectivity index (χ2v) is 7.09. The minimum Gasteiger partial charge on any atom is -0.394 e. The van der Waals surface area contributed by atoms with Crippen molar-refractivity contribution in [2.75, 3.05) is 6.61 Å². The van der Waals surface area contributed by atoms with E-state index in [0.29, 0.717) is 5.56 Å². The summed E-state index contributed by atoms with van der Waals surface area (Å²) >= 11 is 0. The molecule has 5 N–H and O–H groups in total. The van der Waals surface area contributed by atoms with Crippen LogP contribution in [-0.2, 0) is 4.74 Å². The molecule has 5 unspecified atom stereocenters. The lowest BCUT2D eigenvalue weighted by atomic mass is 9.98. The van der Waals surface area contributed by atoms with Crippen molar-refractivity contribution in [2.24, 2.45) is 0 Å². The van der Waals surface area contributed by atoms with Crippen LogP contribution in [0.3, 0.4) is 0 Å². The Labute approximate surface area is 168 Å².